The fourth-order valence-electron chi connectivity index (χ4n) is 2.67. The van der Waals surface area contributed by atoms with Gasteiger partial charge in [0, 0.05) is 13.1 Å². The van der Waals surface area contributed by atoms with Crippen LogP contribution in [0.25, 0.3) is 0 Å². The molecule has 0 bridgehead atoms. The van der Waals surface area contributed by atoms with Crippen LogP contribution in [0.3, 0.4) is 0 Å². The highest BCUT2D eigenvalue weighted by Crippen LogP contribution is 2.23. The lowest BCUT2D eigenvalue weighted by Crippen LogP contribution is -2.49. The largest absolute Gasteiger partial charge is 0.405 e. The number of hydrogen-bond donors (Lipinski definition) is 2. The van der Waals surface area contributed by atoms with Crippen molar-refractivity contribution in [3.8, 4) is 0 Å². The molecule has 0 radical (unpaired) electrons. The van der Waals surface area contributed by atoms with Gasteiger partial charge in [-0.3, -0.25) is 14.5 Å². The van der Waals surface area contributed by atoms with E-state index in [-0.39, 0.29) is 24.6 Å². The highest BCUT2D eigenvalue weighted by atomic mass is 32.2. The number of rotatable bonds is 6. The summed E-state index contributed by atoms with van der Waals surface area (Å²) in [6, 6.07) is 7.73. The Balaban J connectivity index is 2.03. The first-order valence-electron chi connectivity index (χ1n) is 8.18. The minimum absolute atomic E-state index is 0.0876. The number of carbonyl (C=O) groups is 2. The Hall–Kier alpha value is -2.14. The van der Waals surface area contributed by atoms with E-state index < -0.39 is 47.0 Å². The summed E-state index contributed by atoms with van der Waals surface area (Å²) in [6.07, 6.45) is -4.54. The molecule has 1 aliphatic rings. The van der Waals surface area contributed by atoms with Gasteiger partial charge in [-0.2, -0.15) is 13.2 Å². The Morgan fingerprint density at radius 3 is 2.22 bits per heavy atom. The van der Waals surface area contributed by atoms with E-state index in [1.807, 2.05) is 0 Å². The molecule has 0 spiro atoms. The summed E-state index contributed by atoms with van der Waals surface area (Å²) in [7, 11) is -3.15. The van der Waals surface area contributed by atoms with Gasteiger partial charge in [-0.05, 0) is 5.56 Å². The molecule has 0 aliphatic carbocycles. The van der Waals surface area contributed by atoms with Gasteiger partial charge in [0.05, 0.1) is 18.1 Å². The molecule has 1 saturated heterocycles. The number of halogens is 3. The molecule has 2 N–H and O–H groups in total. The summed E-state index contributed by atoms with van der Waals surface area (Å²) >= 11 is 0. The third kappa shape index (κ3) is 6.83. The Bertz CT molecular complexity index is 755. The van der Waals surface area contributed by atoms with Crippen molar-refractivity contribution in [3.63, 3.8) is 0 Å². The van der Waals surface area contributed by atoms with Gasteiger partial charge in [0.25, 0.3) is 0 Å². The van der Waals surface area contributed by atoms with E-state index in [1.165, 1.54) is 0 Å². The van der Waals surface area contributed by atoms with Gasteiger partial charge in [0.2, 0.25) is 11.8 Å². The predicted octanol–water partition coefficient (Wildman–Crippen LogP) is 0.253. The van der Waals surface area contributed by atoms with Crippen LogP contribution >= 0.6 is 0 Å². The van der Waals surface area contributed by atoms with Gasteiger partial charge in [0.1, 0.15) is 12.6 Å². The van der Waals surface area contributed by atoms with Crippen molar-refractivity contribution < 1.29 is 31.2 Å². The Morgan fingerprint density at radius 2 is 1.67 bits per heavy atom. The summed E-state index contributed by atoms with van der Waals surface area (Å²) in [5, 5.41) is 4.00. The number of amides is 2. The monoisotopic (exact) mass is 407 g/mol. The molecule has 1 aromatic carbocycles. The molecule has 1 heterocycles. The van der Waals surface area contributed by atoms with Crippen LogP contribution in [0.4, 0.5) is 13.2 Å². The third-order valence-electron chi connectivity index (χ3n) is 4.02. The van der Waals surface area contributed by atoms with Gasteiger partial charge in [0.15, 0.2) is 9.84 Å². The first-order valence-corrected chi connectivity index (χ1v) is 10.0. The SMILES string of the molecule is O=C(CNC(=O)C(c1ccccc1)N1CCS(=O)(=O)CC1)NCC(F)(F)F. The smallest absolute Gasteiger partial charge is 0.345 e. The Labute approximate surface area is 154 Å². The predicted molar refractivity (Wildman–Crippen MR) is 91.5 cm³/mol. The summed E-state index contributed by atoms with van der Waals surface area (Å²) < 4.78 is 59.6. The van der Waals surface area contributed by atoms with Crippen molar-refractivity contribution in [3.05, 3.63) is 35.9 Å². The van der Waals surface area contributed by atoms with E-state index in [0.717, 1.165) is 0 Å². The van der Waals surface area contributed by atoms with E-state index in [0.29, 0.717) is 5.56 Å². The molecule has 11 heteroatoms. The van der Waals surface area contributed by atoms with E-state index in [2.05, 4.69) is 5.32 Å². The zero-order valence-corrected chi connectivity index (χ0v) is 15.1. The fourth-order valence-corrected chi connectivity index (χ4v) is 3.90. The van der Waals surface area contributed by atoms with Crippen LogP contribution in [-0.2, 0) is 19.4 Å². The summed E-state index contributed by atoms with van der Waals surface area (Å²) in [4.78, 5) is 25.8. The Kier molecular flexibility index (Phi) is 6.82. The van der Waals surface area contributed by atoms with Gasteiger partial charge < -0.3 is 10.6 Å². The number of sulfone groups is 1. The number of hydrogen-bond acceptors (Lipinski definition) is 5. The molecule has 1 fully saturated rings. The topological polar surface area (TPSA) is 95.6 Å². The lowest BCUT2D eigenvalue weighted by atomic mass is 10.0. The molecule has 1 unspecified atom stereocenters. The highest BCUT2D eigenvalue weighted by molar-refractivity contribution is 7.91. The molecule has 0 saturated carbocycles. The first-order chi connectivity index (χ1) is 12.6. The summed E-state index contributed by atoms with van der Waals surface area (Å²) in [6.45, 7) is -1.79. The molecule has 0 aromatic heterocycles. The number of alkyl halides is 3. The van der Waals surface area contributed by atoms with Gasteiger partial charge in [-0.25, -0.2) is 8.42 Å². The second-order valence-electron chi connectivity index (χ2n) is 6.11. The van der Waals surface area contributed by atoms with Crippen LogP contribution < -0.4 is 10.6 Å². The van der Waals surface area contributed by atoms with Gasteiger partial charge in [-0.1, -0.05) is 30.3 Å². The van der Waals surface area contributed by atoms with E-state index in [9.17, 15) is 31.2 Å². The fraction of sp³-hybridized carbons (Fsp3) is 0.500. The second-order valence-corrected chi connectivity index (χ2v) is 8.41. The highest BCUT2D eigenvalue weighted by Gasteiger charge is 2.33. The summed E-state index contributed by atoms with van der Waals surface area (Å²) in [5.74, 6) is -1.72. The van der Waals surface area contributed by atoms with Crippen molar-refractivity contribution in [1.29, 1.82) is 0 Å². The van der Waals surface area contributed by atoms with Crippen molar-refractivity contribution in [2.24, 2.45) is 0 Å². The van der Waals surface area contributed by atoms with Crippen LogP contribution in [-0.4, -0.2) is 69.0 Å². The molecular formula is C16H20F3N3O4S. The number of carbonyl (C=O) groups excluding carboxylic acids is 2. The molecule has 150 valence electrons. The molecule has 1 aromatic rings. The Morgan fingerprint density at radius 1 is 1.07 bits per heavy atom. The van der Waals surface area contributed by atoms with Crippen LogP contribution in [0.1, 0.15) is 11.6 Å². The van der Waals surface area contributed by atoms with Gasteiger partial charge >= 0.3 is 6.18 Å². The minimum Gasteiger partial charge on any atom is -0.345 e. The van der Waals surface area contributed by atoms with Crippen LogP contribution in [0.5, 0.6) is 0 Å². The first kappa shape index (κ1) is 21.2. The van der Waals surface area contributed by atoms with Crippen LogP contribution in [0, 0.1) is 0 Å². The summed E-state index contributed by atoms with van der Waals surface area (Å²) in [5.41, 5.74) is 0.602. The third-order valence-corrected chi connectivity index (χ3v) is 5.63. The molecule has 1 atom stereocenters. The second kappa shape index (κ2) is 8.70. The number of nitrogens with one attached hydrogen (secondary N) is 2. The maximum atomic E-state index is 12.6. The average molecular weight is 407 g/mol. The van der Waals surface area contributed by atoms with Crippen LogP contribution in [0.2, 0.25) is 0 Å². The zero-order chi connectivity index (χ0) is 20.1. The lowest BCUT2D eigenvalue weighted by molar-refractivity contribution is -0.138. The van der Waals surface area contributed by atoms with E-state index in [1.54, 1.807) is 40.5 Å². The van der Waals surface area contributed by atoms with E-state index in [4.69, 9.17) is 0 Å². The quantitative estimate of drug-likeness (QED) is 0.705. The molecule has 27 heavy (non-hydrogen) atoms. The van der Waals surface area contributed by atoms with Crippen LogP contribution in [0.15, 0.2) is 30.3 Å². The normalized spacial score (nSPS) is 18.5. The van der Waals surface area contributed by atoms with E-state index >= 15 is 0 Å². The number of nitrogens with zero attached hydrogens (tertiary/aromatic N) is 1. The molecule has 2 rings (SSSR count). The zero-order valence-electron chi connectivity index (χ0n) is 14.3. The molecular weight excluding hydrogens is 387 g/mol. The standard InChI is InChI=1S/C16H20F3N3O4S/c17-16(18,19)11-21-13(23)10-20-15(24)14(12-4-2-1-3-5-12)22-6-8-27(25,26)9-7-22/h1-5,14H,6-11H2,(H,20,24)(H,21,23). The lowest BCUT2D eigenvalue weighted by Gasteiger charge is -2.33. The molecule has 1 aliphatic heterocycles. The number of benzene rings is 1. The maximum Gasteiger partial charge on any atom is 0.405 e. The molecule has 2 amide bonds. The van der Waals surface area contributed by atoms with Crippen molar-refractivity contribution in [2.75, 3.05) is 37.7 Å². The van der Waals surface area contributed by atoms with Crippen molar-refractivity contribution >= 4 is 21.7 Å². The van der Waals surface area contributed by atoms with Crippen molar-refractivity contribution in [2.45, 2.75) is 12.2 Å². The minimum atomic E-state index is -4.54. The molecule has 7 nitrogen and oxygen atoms in total. The maximum absolute atomic E-state index is 12.6. The van der Waals surface area contributed by atoms with Gasteiger partial charge in [-0.15, -0.1) is 0 Å². The average Bonchev–Trinajstić information content (AvgIpc) is 2.60. The van der Waals surface area contributed by atoms with Crippen molar-refractivity contribution in [1.82, 2.24) is 15.5 Å².